The minimum Gasteiger partial charge on any atom is -0.353 e. The van der Waals surface area contributed by atoms with Crippen LogP contribution in [0.3, 0.4) is 0 Å². The first kappa shape index (κ1) is 15.5. The second-order valence-electron chi connectivity index (χ2n) is 6.39. The molecular formula is C17H24N2O2S. The second-order valence-corrected chi connectivity index (χ2v) is 7.33. The van der Waals surface area contributed by atoms with Gasteiger partial charge in [0.2, 0.25) is 5.91 Å². The predicted octanol–water partition coefficient (Wildman–Crippen LogP) is 3.05. The van der Waals surface area contributed by atoms with E-state index in [1.54, 1.807) is 0 Å². The largest absolute Gasteiger partial charge is 0.353 e. The van der Waals surface area contributed by atoms with E-state index in [-0.39, 0.29) is 17.7 Å². The third kappa shape index (κ3) is 3.69. The Morgan fingerprint density at radius 3 is 2.45 bits per heavy atom. The lowest BCUT2D eigenvalue weighted by molar-refractivity contribution is -0.127. The van der Waals surface area contributed by atoms with E-state index >= 15 is 0 Å². The number of amides is 2. The van der Waals surface area contributed by atoms with Gasteiger partial charge in [-0.2, -0.15) is 0 Å². The van der Waals surface area contributed by atoms with E-state index in [1.165, 1.54) is 30.6 Å². The van der Waals surface area contributed by atoms with Crippen molar-refractivity contribution in [3.8, 4) is 0 Å². The fourth-order valence-electron chi connectivity index (χ4n) is 3.47. The number of rotatable bonds is 3. The standard InChI is InChI=1S/C17H24N2O2S/c20-16(18-14-5-2-1-3-6-14)13-8-10-19(11-9-13)17(21)15-7-4-12-22-15/h4,7,12-14H,1-3,5-6,8-11H2,(H,18,20). The molecule has 1 N–H and O–H groups in total. The summed E-state index contributed by atoms with van der Waals surface area (Å²) in [5, 5.41) is 5.15. The average molecular weight is 320 g/mol. The van der Waals surface area contributed by atoms with Crippen LogP contribution >= 0.6 is 11.3 Å². The molecular weight excluding hydrogens is 296 g/mol. The van der Waals surface area contributed by atoms with Gasteiger partial charge in [0.05, 0.1) is 4.88 Å². The summed E-state index contributed by atoms with van der Waals surface area (Å²) in [4.78, 5) is 27.3. The Bertz CT molecular complexity index is 501. The molecule has 0 aromatic carbocycles. The monoisotopic (exact) mass is 320 g/mol. The molecule has 0 radical (unpaired) electrons. The summed E-state index contributed by atoms with van der Waals surface area (Å²) in [5.74, 6) is 0.394. The van der Waals surface area contributed by atoms with Gasteiger partial charge in [-0.15, -0.1) is 11.3 Å². The summed E-state index contributed by atoms with van der Waals surface area (Å²) in [7, 11) is 0. The molecule has 22 heavy (non-hydrogen) atoms. The lowest BCUT2D eigenvalue weighted by Crippen LogP contribution is -2.45. The molecule has 5 heteroatoms. The molecule has 1 saturated carbocycles. The Morgan fingerprint density at radius 1 is 1.09 bits per heavy atom. The van der Waals surface area contributed by atoms with Gasteiger partial charge in [-0.1, -0.05) is 25.3 Å². The summed E-state index contributed by atoms with van der Waals surface area (Å²) in [6, 6.07) is 4.16. The highest BCUT2D eigenvalue weighted by molar-refractivity contribution is 7.12. The van der Waals surface area contributed by atoms with E-state index in [4.69, 9.17) is 0 Å². The van der Waals surface area contributed by atoms with E-state index in [9.17, 15) is 9.59 Å². The molecule has 2 amide bonds. The maximum absolute atomic E-state index is 12.4. The van der Waals surface area contributed by atoms with Crippen molar-refractivity contribution in [3.63, 3.8) is 0 Å². The molecule has 0 unspecified atom stereocenters. The normalized spacial score (nSPS) is 20.8. The molecule has 120 valence electrons. The molecule has 1 aromatic rings. The van der Waals surface area contributed by atoms with Gasteiger partial charge in [-0.05, 0) is 37.1 Å². The van der Waals surface area contributed by atoms with E-state index in [0.29, 0.717) is 19.1 Å². The Kier molecular flexibility index (Phi) is 5.13. The number of nitrogens with zero attached hydrogens (tertiary/aromatic N) is 1. The first-order chi connectivity index (χ1) is 10.7. The van der Waals surface area contributed by atoms with Gasteiger partial charge in [0, 0.05) is 25.0 Å². The van der Waals surface area contributed by atoms with Crippen LogP contribution in [0.15, 0.2) is 17.5 Å². The number of carbonyl (C=O) groups is 2. The van der Waals surface area contributed by atoms with Gasteiger partial charge in [0.15, 0.2) is 0 Å². The molecule has 0 bridgehead atoms. The second kappa shape index (κ2) is 7.27. The van der Waals surface area contributed by atoms with Gasteiger partial charge in [0.1, 0.15) is 0 Å². The van der Waals surface area contributed by atoms with Gasteiger partial charge >= 0.3 is 0 Å². The number of likely N-dealkylation sites (tertiary alicyclic amines) is 1. The van der Waals surface area contributed by atoms with Crippen LogP contribution in [0.2, 0.25) is 0 Å². The third-order valence-corrected chi connectivity index (χ3v) is 5.69. The summed E-state index contributed by atoms with van der Waals surface area (Å²) in [6.07, 6.45) is 7.60. The molecule has 1 aliphatic heterocycles. The van der Waals surface area contributed by atoms with Crippen molar-refractivity contribution in [2.24, 2.45) is 5.92 Å². The highest BCUT2D eigenvalue weighted by atomic mass is 32.1. The molecule has 1 saturated heterocycles. The lowest BCUT2D eigenvalue weighted by Gasteiger charge is -2.32. The highest BCUT2D eigenvalue weighted by Crippen LogP contribution is 2.23. The van der Waals surface area contributed by atoms with Gasteiger partial charge in [0.25, 0.3) is 5.91 Å². The number of thiophene rings is 1. The fraction of sp³-hybridized carbons (Fsp3) is 0.647. The number of hydrogen-bond acceptors (Lipinski definition) is 3. The zero-order valence-corrected chi connectivity index (χ0v) is 13.7. The lowest BCUT2D eigenvalue weighted by atomic mass is 9.92. The molecule has 2 fully saturated rings. The maximum atomic E-state index is 12.4. The Hall–Kier alpha value is -1.36. The van der Waals surface area contributed by atoms with Crippen LogP contribution in [0.4, 0.5) is 0 Å². The zero-order chi connectivity index (χ0) is 15.4. The Balaban J connectivity index is 1.46. The van der Waals surface area contributed by atoms with Gasteiger partial charge < -0.3 is 10.2 Å². The minimum absolute atomic E-state index is 0.0781. The molecule has 2 heterocycles. The predicted molar refractivity (Wildman–Crippen MR) is 88.0 cm³/mol. The van der Waals surface area contributed by atoms with Crippen LogP contribution in [0, 0.1) is 5.92 Å². The van der Waals surface area contributed by atoms with Crippen molar-refractivity contribution in [3.05, 3.63) is 22.4 Å². The molecule has 0 spiro atoms. The zero-order valence-electron chi connectivity index (χ0n) is 12.9. The van der Waals surface area contributed by atoms with Crippen LogP contribution in [0.5, 0.6) is 0 Å². The quantitative estimate of drug-likeness (QED) is 0.930. The van der Waals surface area contributed by atoms with Gasteiger partial charge in [-0.25, -0.2) is 0 Å². The van der Waals surface area contributed by atoms with Crippen LogP contribution in [-0.2, 0) is 4.79 Å². The van der Waals surface area contributed by atoms with Crippen LogP contribution < -0.4 is 5.32 Å². The number of hydrogen-bond donors (Lipinski definition) is 1. The molecule has 1 aromatic heterocycles. The maximum Gasteiger partial charge on any atom is 0.263 e. The molecule has 4 nitrogen and oxygen atoms in total. The van der Waals surface area contributed by atoms with E-state index < -0.39 is 0 Å². The highest BCUT2D eigenvalue weighted by Gasteiger charge is 2.29. The average Bonchev–Trinajstić information content (AvgIpc) is 3.10. The molecule has 2 aliphatic rings. The van der Waals surface area contributed by atoms with Crippen LogP contribution in [-0.4, -0.2) is 35.8 Å². The van der Waals surface area contributed by atoms with E-state index in [0.717, 1.165) is 30.6 Å². The smallest absolute Gasteiger partial charge is 0.263 e. The van der Waals surface area contributed by atoms with Crippen molar-refractivity contribution in [2.45, 2.75) is 51.0 Å². The number of piperidine rings is 1. The first-order valence-corrected chi connectivity index (χ1v) is 9.25. The summed E-state index contributed by atoms with van der Waals surface area (Å²) < 4.78 is 0. The fourth-order valence-corrected chi connectivity index (χ4v) is 4.16. The van der Waals surface area contributed by atoms with Crippen LogP contribution in [0.1, 0.15) is 54.6 Å². The molecule has 0 atom stereocenters. The van der Waals surface area contributed by atoms with Crippen molar-refractivity contribution >= 4 is 23.2 Å². The van der Waals surface area contributed by atoms with Gasteiger partial charge in [-0.3, -0.25) is 9.59 Å². The number of nitrogens with one attached hydrogen (secondary N) is 1. The van der Waals surface area contributed by atoms with Crippen LogP contribution in [0.25, 0.3) is 0 Å². The van der Waals surface area contributed by atoms with Crippen molar-refractivity contribution in [1.82, 2.24) is 10.2 Å². The Morgan fingerprint density at radius 2 is 1.82 bits per heavy atom. The van der Waals surface area contributed by atoms with Crippen molar-refractivity contribution < 1.29 is 9.59 Å². The molecule has 1 aliphatic carbocycles. The minimum atomic E-state index is 0.0781. The molecule has 3 rings (SSSR count). The SMILES string of the molecule is O=C(NC1CCCCC1)C1CCN(C(=O)c2cccs2)CC1. The van der Waals surface area contributed by atoms with Crippen molar-refractivity contribution in [2.75, 3.05) is 13.1 Å². The Labute approximate surface area is 135 Å². The summed E-state index contributed by atoms with van der Waals surface area (Å²) in [5.41, 5.74) is 0. The first-order valence-electron chi connectivity index (χ1n) is 8.37. The number of carbonyl (C=O) groups excluding carboxylic acids is 2. The topological polar surface area (TPSA) is 49.4 Å². The summed E-state index contributed by atoms with van der Waals surface area (Å²) >= 11 is 1.48. The third-order valence-electron chi connectivity index (χ3n) is 4.84. The summed E-state index contributed by atoms with van der Waals surface area (Å²) in [6.45, 7) is 1.39. The van der Waals surface area contributed by atoms with E-state index in [2.05, 4.69) is 5.32 Å². The van der Waals surface area contributed by atoms with E-state index in [1.807, 2.05) is 22.4 Å². The van der Waals surface area contributed by atoms with Crippen molar-refractivity contribution in [1.29, 1.82) is 0 Å².